The van der Waals surface area contributed by atoms with Crippen molar-refractivity contribution in [2.24, 2.45) is 10.9 Å². The summed E-state index contributed by atoms with van der Waals surface area (Å²) in [7, 11) is 1.77. The van der Waals surface area contributed by atoms with E-state index < -0.39 is 0 Å². The maximum Gasteiger partial charge on any atom is 0.191 e. The first-order chi connectivity index (χ1) is 10.3. The van der Waals surface area contributed by atoms with Crippen molar-refractivity contribution in [3.8, 4) is 0 Å². The van der Waals surface area contributed by atoms with Gasteiger partial charge >= 0.3 is 0 Å². The molecule has 1 aromatic rings. The molecule has 0 amide bonds. The van der Waals surface area contributed by atoms with Gasteiger partial charge in [-0.05, 0) is 42.9 Å². The van der Waals surface area contributed by atoms with E-state index in [1.807, 2.05) is 24.3 Å². The maximum absolute atomic E-state index is 5.97. The lowest BCUT2D eigenvalue weighted by molar-refractivity contribution is 0.123. The van der Waals surface area contributed by atoms with Crippen LogP contribution in [0.25, 0.3) is 0 Å². The lowest BCUT2D eigenvalue weighted by atomic mass is 10.2. The number of ether oxygens (including phenoxy) is 1. The van der Waals surface area contributed by atoms with Gasteiger partial charge in [-0.3, -0.25) is 4.99 Å². The maximum atomic E-state index is 5.97. The van der Waals surface area contributed by atoms with Gasteiger partial charge in [-0.2, -0.15) is 0 Å². The Morgan fingerprint density at radius 3 is 2.86 bits per heavy atom. The van der Waals surface area contributed by atoms with E-state index in [4.69, 9.17) is 16.3 Å². The van der Waals surface area contributed by atoms with E-state index in [1.54, 1.807) is 7.05 Å². The van der Waals surface area contributed by atoms with Gasteiger partial charge in [-0.25, -0.2) is 0 Å². The molecule has 22 heavy (non-hydrogen) atoms. The van der Waals surface area contributed by atoms with Crippen molar-refractivity contribution >= 4 is 41.5 Å². The SMILES string of the molecule is CN=C(NCCCOCC1CC1)NCc1cccc(Cl)c1.I. The van der Waals surface area contributed by atoms with Gasteiger partial charge in [0.25, 0.3) is 0 Å². The number of nitrogens with zero attached hydrogens (tertiary/aromatic N) is 1. The lowest BCUT2D eigenvalue weighted by Gasteiger charge is -2.12. The van der Waals surface area contributed by atoms with Gasteiger partial charge in [-0.15, -0.1) is 24.0 Å². The highest BCUT2D eigenvalue weighted by molar-refractivity contribution is 14.0. The Balaban J connectivity index is 0.00000242. The molecule has 0 unspecified atom stereocenters. The van der Waals surface area contributed by atoms with E-state index in [2.05, 4.69) is 15.6 Å². The molecule has 1 aliphatic carbocycles. The van der Waals surface area contributed by atoms with E-state index in [9.17, 15) is 0 Å². The fourth-order valence-electron chi connectivity index (χ4n) is 1.97. The van der Waals surface area contributed by atoms with Crippen molar-refractivity contribution in [2.45, 2.75) is 25.8 Å². The molecule has 124 valence electrons. The second-order valence-corrected chi connectivity index (χ2v) is 5.79. The molecular weight excluding hydrogens is 413 g/mol. The Morgan fingerprint density at radius 2 is 2.18 bits per heavy atom. The molecule has 1 saturated carbocycles. The van der Waals surface area contributed by atoms with Crippen LogP contribution < -0.4 is 10.6 Å². The minimum absolute atomic E-state index is 0. The summed E-state index contributed by atoms with van der Waals surface area (Å²) in [6.07, 6.45) is 3.68. The quantitative estimate of drug-likeness (QED) is 0.283. The van der Waals surface area contributed by atoms with E-state index in [0.717, 1.165) is 48.6 Å². The summed E-state index contributed by atoms with van der Waals surface area (Å²) >= 11 is 5.97. The topological polar surface area (TPSA) is 45.7 Å². The standard InChI is InChI=1S/C16H24ClN3O.HI/c1-18-16(19-8-3-9-21-12-13-6-7-13)20-11-14-4-2-5-15(17)10-14;/h2,4-5,10,13H,3,6-9,11-12H2,1H3,(H2,18,19,20);1H. The Morgan fingerprint density at radius 1 is 1.36 bits per heavy atom. The van der Waals surface area contributed by atoms with Crippen molar-refractivity contribution in [1.29, 1.82) is 0 Å². The number of hydrogen-bond donors (Lipinski definition) is 2. The second kappa shape index (κ2) is 11.1. The fraction of sp³-hybridized carbons (Fsp3) is 0.562. The van der Waals surface area contributed by atoms with Crippen molar-refractivity contribution in [1.82, 2.24) is 10.6 Å². The molecule has 0 atom stereocenters. The summed E-state index contributed by atoms with van der Waals surface area (Å²) in [5, 5.41) is 7.31. The van der Waals surface area contributed by atoms with Crippen LogP contribution >= 0.6 is 35.6 Å². The van der Waals surface area contributed by atoms with Crippen molar-refractivity contribution in [2.75, 3.05) is 26.8 Å². The molecule has 1 fully saturated rings. The number of benzene rings is 1. The predicted molar refractivity (Wildman–Crippen MR) is 103 cm³/mol. The number of halogens is 2. The normalized spacial score (nSPS) is 14.4. The molecule has 0 heterocycles. The molecule has 6 heteroatoms. The highest BCUT2D eigenvalue weighted by Crippen LogP contribution is 2.28. The van der Waals surface area contributed by atoms with Gasteiger partial charge in [0.2, 0.25) is 0 Å². The summed E-state index contributed by atoms with van der Waals surface area (Å²) in [4.78, 5) is 4.20. The summed E-state index contributed by atoms with van der Waals surface area (Å²) < 4.78 is 5.60. The molecular formula is C16H25ClIN3O. The van der Waals surface area contributed by atoms with Crippen LogP contribution in [0.5, 0.6) is 0 Å². The van der Waals surface area contributed by atoms with E-state index in [-0.39, 0.29) is 24.0 Å². The molecule has 0 aromatic heterocycles. The van der Waals surface area contributed by atoms with E-state index >= 15 is 0 Å². The van der Waals surface area contributed by atoms with Crippen LogP contribution in [0.2, 0.25) is 5.02 Å². The lowest BCUT2D eigenvalue weighted by Crippen LogP contribution is -2.37. The number of aliphatic imine (C=N–C) groups is 1. The van der Waals surface area contributed by atoms with Gasteiger partial charge in [0.05, 0.1) is 0 Å². The fourth-order valence-corrected chi connectivity index (χ4v) is 2.18. The van der Waals surface area contributed by atoms with Crippen LogP contribution in [-0.4, -0.2) is 32.8 Å². The molecule has 1 aromatic carbocycles. The molecule has 2 rings (SSSR count). The molecule has 0 spiro atoms. The first-order valence-electron chi connectivity index (χ1n) is 7.54. The molecule has 4 nitrogen and oxygen atoms in total. The van der Waals surface area contributed by atoms with Gasteiger partial charge in [0, 0.05) is 38.4 Å². The molecule has 1 aliphatic rings. The smallest absolute Gasteiger partial charge is 0.191 e. The van der Waals surface area contributed by atoms with E-state index in [1.165, 1.54) is 12.8 Å². The first kappa shape index (κ1) is 19.5. The van der Waals surface area contributed by atoms with Crippen molar-refractivity contribution in [3.05, 3.63) is 34.9 Å². The number of hydrogen-bond acceptors (Lipinski definition) is 2. The molecule has 0 aliphatic heterocycles. The molecule has 0 bridgehead atoms. The Labute approximate surface area is 155 Å². The van der Waals surface area contributed by atoms with E-state index in [0.29, 0.717) is 6.54 Å². The van der Waals surface area contributed by atoms with Gasteiger partial charge in [-0.1, -0.05) is 23.7 Å². The average molecular weight is 438 g/mol. The third-order valence-corrected chi connectivity index (χ3v) is 3.62. The van der Waals surface area contributed by atoms with Gasteiger partial charge < -0.3 is 15.4 Å². The molecule has 2 N–H and O–H groups in total. The summed E-state index contributed by atoms with van der Waals surface area (Å²) in [6.45, 7) is 3.31. The zero-order valence-electron chi connectivity index (χ0n) is 13.0. The highest BCUT2D eigenvalue weighted by Gasteiger charge is 2.20. The largest absolute Gasteiger partial charge is 0.381 e. The number of nitrogens with one attached hydrogen (secondary N) is 2. The first-order valence-corrected chi connectivity index (χ1v) is 7.92. The van der Waals surface area contributed by atoms with Crippen LogP contribution in [0.4, 0.5) is 0 Å². The molecule has 0 saturated heterocycles. The molecule has 0 radical (unpaired) electrons. The zero-order valence-corrected chi connectivity index (χ0v) is 16.1. The van der Waals surface area contributed by atoms with Crippen molar-refractivity contribution in [3.63, 3.8) is 0 Å². The Hall–Kier alpha value is -0.530. The third kappa shape index (κ3) is 8.19. The summed E-state index contributed by atoms with van der Waals surface area (Å²) in [5.41, 5.74) is 1.14. The number of guanidine groups is 1. The average Bonchev–Trinajstić information content (AvgIpc) is 3.30. The van der Waals surface area contributed by atoms with Crippen molar-refractivity contribution < 1.29 is 4.74 Å². The summed E-state index contributed by atoms with van der Waals surface area (Å²) in [6, 6.07) is 7.82. The Kier molecular flexibility index (Phi) is 9.82. The monoisotopic (exact) mass is 437 g/mol. The Bertz CT molecular complexity index is 466. The second-order valence-electron chi connectivity index (χ2n) is 5.35. The third-order valence-electron chi connectivity index (χ3n) is 3.38. The summed E-state index contributed by atoms with van der Waals surface area (Å²) in [5.74, 6) is 1.64. The van der Waals surface area contributed by atoms with Crippen LogP contribution in [0, 0.1) is 5.92 Å². The predicted octanol–water partition coefficient (Wildman–Crippen LogP) is 3.44. The van der Waals surface area contributed by atoms with Crippen LogP contribution in [-0.2, 0) is 11.3 Å². The van der Waals surface area contributed by atoms with Crippen LogP contribution in [0.1, 0.15) is 24.8 Å². The van der Waals surface area contributed by atoms with Gasteiger partial charge in [0.1, 0.15) is 0 Å². The minimum Gasteiger partial charge on any atom is -0.381 e. The minimum atomic E-state index is 0. The van der Waals surface area contributed by atoms with Gasteiger partial charge in [0.15, 0.2) is 5.96 Å². The van der Waals surface area contributed by atoms with Crippen LogP contribution in [0.15, 0.2) is 29.3 Å². The zero-order chi connectivity index (χ0) is 14.9. The van der Waals surface area contributed by atoms with Crippen LogP contribution in [0.3, 0.4) is 0 Å². The highest BCUT2D eigenvalue weighted by atomic mass is 127. The number of rotatable bonds is 8.